The van der Waals surface area contributed by atoms with Gasteiger partial charge >= 0.3 is 18.9 Å². The second-order valence-electron chi connectivity index (χ2n) is 10.6. The van der Waals surface area contributed by atoms with Crippen LogP contribution in [0.5, 0.6) is 0 Å². The Hall–Kier alpha value is -0.863. The van der Waals surface area contributed by atoms with Gasteiger partial charge in [-0.05, 0) is 38.2 Å². The monoisotopic (exact) mass is 390 g/mol. The Labute approximate surface area is 186 Å². The molecule has 0 aliphatic heterocycles. The standard InChI is InChI=1S/C25H35OP.Li.H/c1-23(2,3)16-14-18(24(4,5)6)21(19(15-16)25(7,8)9)22(26)17-12-10-11-13-20(17)27;;/h10-15H,27H2,1-9H3;;. The van der Waals surface area contributed by atoms with Crippen molar-refractivity contribution in [3.63, 3.8) is 0 Å². The van der Waals surface area contributed by atoms with Crippen molar-refractivity contribution < 1.29 is 4.79 Å². The summed E-state index contributed by atoms with van der Waals surface area (Å²) in [5.74, 6) is 0.121. The SMILES string of the molecule is CC(C)(C)c1cc(C(C)(C)C)c(C(=O)c2ccccc2P)c(C(C)(C)C)c1.[LiH]. The van der Waals surface area contributed by atoms with Crippen molar-refractivity contribution in [1.29, 1.82) is 0 Å². The van der Waals surface area contributed by atoms with E-state index in [1.807, 2.05) is 24.3 Å². The molecule has 0 aliphatic rings. The fourth-order valence-electron chi connectivity index (χ4n) is 3.34. The molecule has 0 N–H and O–H groups in total. The average Bonchev–Trinajstić information content (AvgIpc) is 2.51. The second-order valence-corrected chi connectivity index (χ2v) is 11.2. The maximum atomic E-state index is 13.7. The molecule has 0 radical (unpaired) electrons. The Morgan fingerprint density at radius 3 is 1.54 bits per heavy atom. The van der Waals surface area contributed by atoms with Crippen LogP contribution in [0.15, 0.2) is 36.4 Å². The molecule has 1 unspecified atom stereocenters. The Bertz CT molecular complexity index is 826. The third-order valence-corrected chi connectivity index (χ3v) is 5.56. The molecular weight excluding hydrogens is 354 g/mol. The number of carbonyl (C=O) groups is 1. The molecular formula is C25H36LiOP. The van der Waals surface area contributed by atoms with Crippen LogP contribution in [-0.2, 0) is 16.2 Å². The van der Waals surface area contributed by atoms with Gasteiger partial charge in [0.25, 0.3) is 0 Å². The van der Waals surface area contributed by atoms with Crippen LogP contribution in [0.2, 0.25) is 0 Å². The van der Waals surface area contributed by atoms with E-state index in [4.69, 9.17) is 0 Å². The summed E-state index contributed by atoms with van der Waals surface area (Å²) in [5.41, 5.74) is 4.98. The number of benzene rings is 2. The summed E-state index contributed by atoms with van der Waals surface area (Å²) in [6.07, 6.45) is 0. The van der Waals surface area contributed by atoms with Crippen molar-refractivity contribution in [2.24, 2.45) is 0 Å². The van der Waals surface area contributed by atoms with Gasteiger partial charge < -0.3 is 0 Å². The van der Waals surface area contributed by atoms with Gasteiger partial charge in [0.05, 0.1) is 0 Å². The maximum absolute atomic E-state index is 13.7. The van der Waals surface area contributed by atoms with Gasteiger partial charge in [0.15, 0.2) is 5.78 Å². The summed E-state index contributed by atoms with van der Waals surface area (Å²) < 4.78 is 0. The molecule has 0 fully saturated rings. The van der Waals surface area contributed by atoms with Crippen LogP contribution in [0.4, 0.5) is 0 Å². The molecule has 0 saturated carbocycles. The molecule has 0 amide bonds. The predicted octanol–water partition coefficient (Wildman–Crippen LogP) is 5.66. The second kappa shape index (κ2) is 8.48. The Morgan fingerprint density at radius 1 is 0.750 bits per heavy atom. The van der Waals surface area contributed by atoms with Crippen molar-refractivity contribution in [3.8, 4) is 0 Å². The topological polar surface area (TPSA) is 17.1 Å². The number of ketones is 1. The van der Waals surface area contributed by atoms with Gasteiger partial charge in [-0.25, -0.2) is 0 Å². The molecule has 28 heavy (non-hydrogen) atoms. The molecule has 2 aromatic carbocycles. The number of rotatable bonds is 2. The minimum absolute atomic E-state index is 0. The zero-order chi connectivity index (χ0) is 20.8. The first-order valence-electron chi connectivity index (χ1n) is 9.72. The number of hydrogen-bond donors (Lipinski definition) is 0. The summed E-state index contributed by atoms with van der Waals surface area (Å²) in [6, 6.07) is 12.3. The van der Waals surface area contributed by atoms with E-state index < -0.39 is 0 Å². The third-order valence-electron chi connectivity index (χ3n) is 5.05. The molecule has 0 saturated heterocycles. The fourth-order valence-corrected chi connectivity index (χ4v) is 3.68. The number of carbonyl (C=O) groups excluding carboxylic acids is 1. The first kappa shape index (κ1) is 25.2. The summed E-state index contributed by atoms with van der Waals surface area (Å²) in [6.45, 7) is 19.9. The van der Waals surface area contributed by atoms with E-state index in [1.54, 1.807) is 0 Å². The van der Waals surface area contributed by atoms with Gasteiger partial charge in [0, 0.05) is 11.1 Å². The van der Waals surface area contributed by atoms with Crippen LogP contribution in [0.25, 0.3) is 0 Å². The van der Waals surface area contributed by atoms with Crippen LogP contribution in [0.3, 0.4) is 0 Å². The molecule has 0 bridgehead atoms. The van der Waals surface area contributed by atoms with Crippen LogP contribution in [0, 0.1) is 0 Å². The third kappa shape index (κ3) is 5.39. The zero-order valence-corrected chi connectivity index (χ0v) is 19.6. The van der Waals surface area contributed by atoms with Gasteiger partial charge in [0.1, 0.15) is 0 Å². The summed E-state index contributed by atoms with van der Waals surface area (Å²) in [5, 5.41) is 0.946. The van der Waals surface area contributed by atoms with Crippen LogP contribution in [-0.4, -0.2) is 24.6 Å². The Kier molecular flexibility index (Phi) is 7.62. The molecule has 0 spiro atoms. The molecule has 2 aromatic rings. The molecule has 1 atom stereocenters. The molecule has 1 nitrogen and oxygen atoms in total. The normalized spacial score (nSPS) is 12.5. The van der Waals surface area contributed by atoms with Crippen LogP contribution >= 0.6 is 9.24 Å². The van der Waals surface area contributed by atoms with E-state index >= 15 is 0 Å². The molecule has 148 valence electrons. The zero-order valence-electron chi connectivity index (χ0n) is 18.4. The van der Waals surface area contributed by atoms with Gasteiger partial charge in [0.2, 0.25) is 0 Å². The van der Waals surface area contributed by atoms with E-state index in [-0.39, 0.29) is 40.9 Å². The summed E-state index contributed by atoms with van der Waals surface area (Å²) in [7, 11) is 2.71. The van der Waals surface area contributed by atoms with Gasteiger partial charge in [-0.15, -0.1) is 9.24 Å². The van der Waals surface area contributed by atoms with Crippen molar-refractivity contribution in [1.82, 2.24) is 0 Å². The summed E-state index contributed by atoms with van der Waals surface area (Å²) in [4.78, 5) is 13.7. The van der Waals surface area contributed by atoms with E-state index in [1.165, 1.54) is 5.56 Å². The first-order valence-corrected chi connectivity index (χ1v) is 10.3. The average molecular weight is 390 g/mol. The first-order chi connectivity index (χ1) is 12.1. The van der Waals surface area contributed by atoms with Gasteiger partial charge in [-0.2, -0.15) is 0 Å². The predicted molar refractivity (Wildman–Crippen MR) is 129 cm³/mol. The minimum atomic E-state index is -0.123. The van der Waals surface area contributed by atoms with Crippen molar-refractivity contribution in [3.05, 3.63) is 64.2 Å². The Morgan fingerprint density at radius 2 is 1.18 bits per heavy atom. The van der Waals surface area contributed by atoms with E-state index in [0.29, 0.717) is 0 Å². The molecule has 3 heteroatoms. The van der Waals surface area contributed by atoms with Crippen molar-refractivity contribution in [2.75, 3.05) is 0 Å². The number of hydrogen-bond acceptors (Lipinski definition) is 1. The molecule has 0 heterocycles. The fraction of sp³-hybridized carbons (Fsp3) is 0.480. The molecule has 0 aromatic heterocycles. The van der Waals surface area contributed by atoms with Gasteiger partial charge in [-0.3, -0.25) is 4.79 Å². The van der Waals surface area contributed by atoms with Crippen molar-refractivity contribution in [2.45, 2.75) is 78.6 Å². The van der Waals surface area contributed by atoms with E-state index in [2.05, 4.69) is 83.7 Å². The Balaban J connectivity index is 0.00000392. The summed E-state index contributed by atoms with van der Waals surface area (Å²) >= 11 is 0. The molecule has 2 rings (SSSR count). The van der Waals surface area contributed by atoms with Crippen molar-refractivity contribution >= 4 is 39.2 Å². The quantitative estimate of drug-likeness (QED) is 0.367. The van der Waals surface area contributed by atoms with E-state index in [0.717, 1.165) is 27.6 Å². The van der Waals surface area contributed by atoms with Crippen LogP contribution < -0.4 is 5.30 Å². The van der Waals surface area contributed by atoms with Gasteiger partial charge in [-0.1, -0.05) is 98.7 Å². The molecule has 0 aliphatic carbocycles. The van der Waals surface area contributed by atoms with Crippen LogP contribution in [0.1, 0.15) is 94.9 Å². The van der Waals surface area contributed by atoms with E-state index in [9.17, 15) is 4.79 Å².